The van der Waals surface area contributed by atoms with Gasteiger partial charge in [0.15, 0.2) is 0 Å². The maximum atomic E-state index is 6.57. The predicted octanol–water partition coefficient (Wildman–Crippen LogP) is 6.14. The number of ether oxygens (including phenoxy) is 1. The van der Waals surface area contributed by atoms with E-state index >= 15 is 0 Å². The molecule has 2 aromatic carbocycles. The molecule has 2 aromatic rings. The van der Waals surface area contributed by atoms with Crippen LogP contribution in [0.5, 0.6) is 5.75 Å². The zero-order chi connectivity index (χ0) is 19.3. The zero-order valence-corrected chi connectivity index (χ0v) is 17.9. The van der Waals surface area contributed by atoms with Gasteiger partial charge in [-0.2, -0.15) is 0 Å². The van der Waals surface area contributed by atoms with Crippen LogP contribution in [0, 0.1) is 0 Å². The minimum absolute atomic E-state index is 0.256. The molecule has 0 spiro atoms. The summed E-state index contributed by atoms with van der Waals surface area (Å²) >= 11 is 19.3. The molecule has 3 nitrogen and oxygen atoms in total. The molecule has 6 heteroatoms. The number of fused-ring (bicyclic) bond motifs is 3. The van der Waals surface area contributed by atoms with Crippen LogP contribution in [0.1, 0.15) is 37.2 Å². The number of halogens is 3. The van der Waals surface area contributed by atoms with E-state index in [2.05, 4.69) is 22.3 Å². The molecule has 3 heterocycles. The van der Waals surface area contributed by atoms with Crippen LogP contribution >= 0.6 is 34.8 Å². The molecule has 2 fully saturated rings. The molecule has 2 atom stereocenters. The molecule has 2 saturated heterocycles. The van der Waals surface area contributed by atoms with Gasteiger partial charge in [-0.15, -0.1) is 0 Å². The molecule has 0 unspecified atom stereocenters. The molecule has 148 valence electrons. The van der Waals surface area contributed by atoms with E-state index in [4.69, 9.17) is 39.5 Å². The van der Waals surface area contributed by atoms with Gasteiger partial charge in [0.25, 0.3) is 0 Å². The van der Waals surface area contributed by atoms with Gasteiger partial charge in [-0.05, 0) is 62.1 Å². The summed E-state index contributed by atoms with van der Waals surface area (Å²) in [6.07, 6.45) is 5.03. The maximum Gasteiger partial charge on any atom is 0.146 e. The summed E-state index contributed by atoms with van der Waals surface area (Å²) in [5, 5.41) is 5.24. The van der Waals surface area contributed by atoms with E-state index in [0.717, 1.165) is 49.5 Å². The first-order valence-corrected chi connectivity index (χ1v) is 11.2. The van der Waals surface area contributed by atoms with Crippen molar-refractivity contribution in [1.29, 1.82) is 0 Å². The van der Waals surface area contributed by atoms with Gasteiger partial charge in [0.1, 0.15) is 11.9 Å². The van der Waals surface area contributed by atoms with Crippen molar-refractivity contribution in [3.63, 3.8) is 0 Å². The number of nitrogens with one attached hydrogen (secondary N) is 1. The molecule has 0 aromatic heterocycles. The van der Waals surface area contributed by atoms with E-state index in [1.807, 2.05) is 0 Å². The number of anilines is 1. The Labute approximate surface area is 180 Å². The minimum Gasteiger partial charge on any atom is -0.487 e. The standard InChI is InChI=1S/C22H23Cl3N2O/c23-14-10-17(24)21(18(25)11-14)13-8-15-16-12-26-5-4-20(16)28-22(15)19(9-13)27-6-2-1-3-7-27/h8-11,16,20,26H,1-7,12H2/t16-,20-/m0/s1. The Bertz CT molecular complexity index is 888. The molecule has 0 amide bonds. The third kappa shape index (κ3) is 3.27. The average Bonchev–Trinajstić information content (AvgIpc) is 3.06. The predicted molar refractivity (Wildman–Crippen MR) is 118 cm³/mol. The summed E-state index contributed by atoms with van der Waals surface area (Å²) in [5.74, 6) is 1.43. The highest BCUT2D eigenvalue weighted by Crippen LogP contribution is 2.50. The highest BCUT2D eigenvalue weighted by atomic mass is 35.5. The van der Waals surface area contributed by atoms with Gasteiger partial charge in [-0.25, -0.2) is 0 Å². The summed E-state index contributed by atoms with van der Waals surface area (Å²) < 4.78 is 6.50. The van der Waals surface area contributed by atoms with Crippen molar-refractivity contribution in [2.75, 3.05) is 31.1 Å². The highest BCUT2D eigenvalue weighted by Gasteiger charge is 2.39. The van der Waals surface area contributed by atoms with Crippen molar-refractivity contribution in [1.82, 2.24) is 5.32 Å². The molecule has 28 heavy (non-hydrogen) atoms. The van der Waals surface area contributed by atoms with Crippen LogP contribution in [0.3, 0.4) is 0 Å². The molecular weight excluding hydrogens is 415 g/mol. The second-order valence-corrected chi connectivity index (χ2v) is 9.21. The van der Waals surface area contributed by atoms with Crippen LogP contribution in [0.15, 0.2) is 24.3 Å². The lowest BCUT2D eigenvalue weighted by Gasteiger charge is -2.30. The summed E-state index contributed by atoms with van der Waals surface area (Å²) in [6, 6.07) is 7.95. The average molecular weight is 438 g/mol. The first kappa shape index (κ1) is 18.9. The fraction of sp³-hybridized carbons (Fsp3) is 0.455. The van der Waals surface area contributed by atoms with E-state index in [9.17, 15) is 0 Å². The fourth-order valence-corrected chi connectivity index (χ4v) is 5.84. The zero-order valence-electron chi connectivity index (χ0n) is 15.6. The molecule has 3 aliphatic heterocycles. The third-order valence-corrected chi connectivity index (χ3v) is 6.99. The normalized spacial score (nSPS) is 23.9. The largest absolute Gasteiger partial charge is 0.487 e. The number of hydrogen-bond donors (Lipinski definition) is 1. The highest BCUT2D eigenvalue weighted by molar-refractivity contribution is 6.41. The van der Waals surface area contributed by atoms with Crippen molar-refractivity contribution >= 4 is 40.5 Å². The summed E-state index contributed by atoms with van der Waals surface area (Å²) in [4.78, 5) is 2.47. The Balaban J connectivity index is 1.67. The van der Waals surface area contributed by atoms with Gasteiger partial charge in [0, 0.05) is 41.7 Å². The van der Waals surface area contributed by atoms with E-state index in [1.54, 1.807) is 12.1 Å². The van der Waals surface area contributed by atoms with Gasteiger partial charge in [0.05, 0.1) is 15.7 Å². The van der Waals surface area contributed by atoms with Crippen LogP contribution in [0.25, 0.3) is 11.1 Å². The number of benzene rings is 2. The smallest absolute Gasteiger partial charge is 0.146 e. The Hall–Kier alpha value is -1.13. The molecule has 0 bridgehead atoms. The molecule has 3 aliphatic rings. The van der Waals surface area contributed by atoms with E-state index in [0.29, 0.717) is 21.0 Å². The molecule has 1 N–H and O–H groups in total. The first-order chi connectivity index (χ1) is 13.6. The van der Waals surface area contributed by atoms with Crippen molar-refractivity contribution < 1.29 is 4.74 Å². The van der Waals surface area contributed by atoms with Gasteiger partial charge in [-0.1, -0.05) is 34.8 Å². The quantitative estimate of drug-likeness (QED) is 0.610. The van der Waals surface area contributed by atoms with Crippen molar-refractivity contribution in [3.05, 3.63) is 44.9 Å². The molecular formula is C22H23Cl3N2O. The topological polar surface area (TPSA) is 24.5 Å². The van der Waals surface area contributed by atoms with Crippen molar-refractivity contribution in [2.24, 2.45) is 0 Å². The summed E-state index contributed by atoms with van der Waals surface area (Å²) in [6.45, 7) is 4.09. The second kappa shape index (κ2) is 7.60. The molecule has 5 rings (SSSR count). The Morgan fingerprint density at radius 2 is 1.71 bits per heavy atom. The van der Waals surface area contributed by atoms with Gasteiger partial charge in [-0.3, -0.25) is 0 Å². The summed E-state index contributed by atoms with van der Waals surface area (Å²) in [5.41, 5.74) is 4.35. The van der Waals surface area contributed by atoms with E-state index in [1.165, 1.54) is 30.5 Å². The molecule has 0 aliphatic carbocycles. The monoisotopic (exact) mass is 436 g/mol. The van der Waals surface area contributed by atoms with Crippen molar-refractivity contribution in [2.45, 2.75) is 37.7 Å². The number of piperidine rings is 2. The maximum absolute atomic E-state index is 6.57. The van der Waals surface area contributed by atoms with Gasteiger partial charge >= 0.3 is 0 Å². The lowest BCUT2D eigenvalue weighted by molar-refractivity contribution is 0.172. The Morgan fingerprint density at radius 1 is 0.964 bits per heavy atom. The minimum atomic E-state index is 0.256. The van der Waals surface area contributed by atoms with Crippen LogP contribution in [-0.2, 0) is 0 Å². The van der Waals surface area contributed by atoms with Crippen LogP contribution in [0.2, 0.25) is 15.1 Å². The van der Waals surface area contributed by atoms with Crippen molar-refractivity contribution in [3.8, 4) is 16.9 Å². The lowest BCUT2D eigenvalue weighted by atomic mass is 9.88. The Morgan fingerprint density at radius 3 is 2.46 bits per heavy atom. The summed E-state index contributed by atoms with van der Waals surface area (Å²) in [7, 11) is 0. The fourth-order valence-electron chi connectivity index (χ4n) is 4.81. The number of nitrogens with zero attached hydrogens (tertiary/aromatic N) is 1. The lowest BCUT2D eigenvalue weighted by Crippen LogP contribution is -2.37. The molecule has 0 radical (unpaired) electrons. The van der Waals surface area contributed by atoms with E-state index < -0.39 is 0 Å². The van der Waals surface area contributed by atoms with Crippen LogP contribution < -0.4 is 15.0 Å². The van der Waals surface area contributed by atoms with Gasteiger partial charge in [0.2, 0.25) is 0 Å². The van der Waals surface area contributed by atoms with Crippen LogP contribution in [-0.4, -0.2) is 32.3 Å². The first-order valence-electron chi connectivity index (χ1n) is 10.1. The molecule has 0 saturated carbocycles. The number of rotatable bonds is 2. The van der Waals surface area contributed by atoms with E-state index in [-0.39, 0.29) is 6.10 Å². The van der Waals surface area contributed by atoms with Gasteiger partial charge < -0.3 is 15.0 Å². The second-order valence-electron chi connectivity index (χ2n) is 7.96. The Kier molecular flexibility index (Phi) is 5.13. The SMILES string of the molecule is Clc1cc(Cl)c(-c2cc3c(c(N4CCCCC4)c2)O[C@H]2CCNC[C@@H]32)c(Cl)c1. The number of hydrogen-bond acceptors (Lipinski definition) is 3. The van der Waals surface area contributed by atoms with Crippen LogP contribution in [0.4, 0.5) is 5.69 Å². The third-order valence-electron chi connectivity index (χ3n) is 6.18.